The molecule has 4 heteroatoms. The number of morpholine rings is 1. The van der Waals surface area contributed by atoms with Gasteiger partial charge in [0.25, 0.3) is 0 Å². The van der Waals surface area contributed by atoms with E-state index in [0.717, 1.165) is 19.0 Å². The zero-order valence-electron chi connectivity index (χ0n) is 14.0. The Hall–Kier alpha value is -2.04. The fourth-order valence-corrected chi connectivity index (χ4v) is 3.84. The Morgan fingerprint density at radius 1 is 1.04 bits per heavy atom. The second-order valence-electron chi connectivity index (χ2n) is 6.86. The summed E-state index contributed by atoms with van der Waals surface area (Å²) in [4.78, 5) is 2.46. The Balaban J connectivity index is 1.53. The second kappa shape index (κ2) is 7.06. The number of fused-ring (bicyclic) bond motifs is 2. The summed E-state index contributed by atoms with van der Waals surface area (Å²) < 4.78 is 33.1. The van der Waals surface area contributed by atoms with Gasteiger partial charge in [-0.15, -0.1) is 0 Å². The van der Waals surface area contributed by atoms with E-state index in [1.807, 2.05) is 6.07 Å². The molecule has 1 fully saturated rings. The lowest BCUT2D eigenvalue weighted by Crippen LogP contribution is -2.53. The molecule has 2 aliphatic heterocycles. The lowest BCUT2D eigenvalue weighted by atomic mass is 9.89. The molecule has 4 rings (SSSR count). The van der Waals surface area contributed by atoms with Crippen LogP contribution in [0.3, 0.4) is 0 Å². The SMILES string of the molecule is Fc1ccc(F)c(CC2=CC3COCC(C2)N3Cc2ccccc2)c1. The van der Waals surface area contributed by atoms with Crippen molar-refractivity contribution in [1.29, 1.82) is 0 Å². The molecule has 2 aliphatic rings. The minimum atomic E-state index is -0.387. The van der Waals surface area contributed by atoms with Crippen molar-refractivity contribution in [2.24, 2.45) is 0 Å². The van der Waals surface area contributed by atoms with E-state index in [2.05, 4.69) is 35.2 Å². The number of nitrogens with zero attached hydrogens (tertiary/aromatic N) is 1. The van der Waals surface area contributed by atoms with Crippen LogP contribution in [0, 0.1) is 11.6 Å². The fourth-order valence-electron chi connectivity index (χ4n) is 3.84. The maximum absolute atomic E-state index is 13.9. The zero-order valence-corrected chi connectivity index (χ0v) is 14.0. The summed E-state index contributed by atoms with van der Waals surface area (Å²) in [6.45, 7) is 2.22. The van der Waals surface area contributed by atoms with Gasteiger partial charge in [0.2, 0.25) is 0 Å². The molecule has 2 aromatic carbocycles. The molecule has 0 N–H and O–H groups in total. The standard InChI is InChI=1S/C21H21F2NO/c22-18-6-7-21(23)17(11-18)8-16-9-19-13-25-14-20(10-16)24(19)12-15-4-2-1-3-5-15/h1-7,9,11,19-20H,8,10,12-14H2. The van der Waals surface area contributed by atoms with Crippen LogP contribution in [0.1, 0.15) is 17.5 Å². The van der Waals surface area contributed by atoms with Gasteiger partial charge in [0.05, 0.1) is 19.3 Å². The number of hydrogen-bond acceptors (Lipinski definition) is 2. The van der Waals surface area contributed by atoms with E-state index in [1.165, 1.54) is 23.3 Å². The molecule has 2 heterocycles. The van der Waals surface area contributed by atoms with Gasteiger partial charge in [-0.05, 0) is 42.2 Å². The van der Waals surface area contributed by atoms with Crippen LogP contribution in [0.2, 0.25) is 0 Å². The van der Waals surface area contributed by atoms with Crippen molar-refractivity contribution in [3.05, 3.63) is 82.9 Å². The number of hydrogen-bond donors (Lipinski definition) is 0. The van der Waals surface area contributed by atoms with Gasteiger partial charge in [0, 0.05) is 12.6 Å². The molecular weight excluding hydrogens is 320 g/mol. The van der Waals surface area contributed by atoms with Crippen LogP contribution in [0.15, 0.2) is 60.2 Å². The summed E-state index contributed by atoms with van der Waals surface area (Å²) in [5.74, 6) is -0.725. The third-order valence-corrected chi connectivity index (χ3v) is 5.05. The van der Waals surface area contributed by atoms with Gasteiger partial charge in [-0.1, -0.05) is 42.0 Å². The van der Waals surface area contributed by atoms with Crippen molar-refractivity contribution in [3.8, 4) is 0 Å². The highest BCUT2D eigenvalue weighted by Crippen LogP contribution is 2.30. The summed E-state index contributed by atoms with van der Waals surface area (Å²) in [7, 11) is 0. The smallest absolute Gasteiger partial charge is 0.126 e. The monoisotopic (exact) mass is 341 g/mol. The van der Waals surface area contributed by atoms with Gasteiger partial charge in [0.15, 0.2) is 0 Å². The van der Waals surface area contributed by atoms with Crippen molar-refractivity contribution < 1.29 is 13.5 Å². The topological polar surface area (TPSA) is 12.5 Å². The highest BCUT2D eigenvalue weighted by Gasteiger charge is 2.34. The molecule has 25 heavy (non-hydrogen) atoms. The van der Waals surface area contributed by atoms with Crippen LogP contribution >= 0.6 is 0 Å². The molecule has 0 radical (unpaired) electrons. The van der Waals surface area contributed by atoms with Gasteiger partial charge in [-0.3, -0.25) is 4.90 Å². The van der Waals surface area contributed by atoms with E-state index in [4.69, 9.17) is 4.74 Å². The van der Waals surface area contributed by atoms with Crippen LogP contribution in [-0.4, -0.2) is 30.2 Å². The summed E-state index contributed by atoms with van der Waals surface area (Å²) in [6.07, 6.45) is 3.48. The molecule has 0 spiro atoms. The third-order valence-electron chi connectivity index (χ3n) is 5.05. The third kappa shape index (κ3) is 3.65. The van der Waals surface area contributed by atoms with Crippen molar-refractivity contribution in [3.63, 3.8) is 0 Å². The van der Waals surface area contributed by atoms with Gasteiger partial charge in [-0.25, -0.2) is 8.78 Å². The number of rotatable bonds is 4. The molecule has 0 amide bonds. The minimum Gasteiger partial charge on any atom is -0.378 e. The minimum absolute atomic E-state index is 0.194. The molecular formula is C21H21F2NO. The summed E-state index contributed by atoms with van der Waals surface area (Å²) in [6, 6.07) is 14.6. The Labute approximate surface area is 146 Å². The van der Waals surface area contributed by atoms with Gasteiger partial charge in [0.1, 0.15) is 11.6 Å². The molecule has 2 nitrogen and oxygen atoms in total. The summed E-state index contributed by atoms with van der Waals surface area (Å²) in [5, 5.41) is 0. The second-order valence-corrected chi connectivity index (χ2v) is 6.86. The predicted molar refractivity (Wildman–Crippen MR) is 93.1 cm³/mol. The normalized spacial score (nSPS) is 23.4. The first kappa shape index (κ1) is 16.4. The first-order valence-electron chi connectivity index (χ1n) is 8.70. The summed E-state index contributed by atoms with van der Waals surface area (Å²) >= 11 is 0. The Morgan fingerprint density at radius 2 is 1.88 bits per heavy atom. The maximum atomic E-state index is 13.9. The van der Waals surface area contributed by atoms with Crippen LogP contribution < -0.4 is 0 Å². The van der Waals surface area contributed by atoms with E-state index in [1.54, 1.807) is 0 Å². The Kier molecular flexibility index (Phi) is 4.64. The van der Waals surface area contributed by atoms with Crippen LogP contribution in [0.25, 0.3) is 0 Å². The molecule has 1 saturated heterocycles. The number of halogens is 2. The molecule has 130 valence electrons. The van der Waals surface area contributed by atoms with Crippen molar-refractivity contribution >= 4 is 0 Å². The average molecular weight is 341 g/mol. The Morgan fingerprint density at radius 3 is 2.68 bits per heavy atom. The lowest BCUT2D eigenvalue weighted by Gasteiger charge is -2.45. The fraction of sp³-hybridized carbons (Fsp3) is 0.333. The highest BCUT2D eigenvalue weighted by atomic mass is 19.1. The van der Waals surface area contributed by atoms with Crippen molar-refractivity contribution in [1.82, 2.24) is 4.90 Å². The number of benzene rings is 2. The van der Waals surface area contributed by atoms with Gasteiger partial charge in [-0.2, -0.15) is 0 Å². The first-order valence-corrected chi connectivity index (χ1v) is 8.70. The van der Waals surface area contributed by atoms with E-state index in [-0.39, 0.29) is 23.7 Å². The molecule has 2 atom stereocenters. The van der Waals surface area contributed by atoms with E-state index < -0.39 is 0 Å². The molecule has 2 aromatic rings. The zero-order chi connectivity index (χ0) is 17.2. The Bertz CT molecular complexity index is 775. The maximum Gasteiger partial charge on any atom is 0.126 e. The predicted octanol–water partition coefficient (Wildman–Crippen LogP) is 4.11. The summed E-state index contributed by atoms with van der Waals surface area (Å²) in [5.41, 5.74) is 2.89. The number of ether oxygens (including phenoxy) is 1. The van der Waals surface area contributed by atoms with Crippen LogP contribution in [0.5, 0.6) is 0 Å². The van der Waals surface area contributed by atoms with E-state index in [9.17, 15) is 8.78 Å². The largest absolute Gasteiger partial charge is 0.378 e. The average Bonchev–Trinajstić information content (AvgIpc) is 2.60. The molecule has 2 bridgehead atoms. The van der Waals surface area contributed by atoms with E-state index >= 15 is 0 Å². The van der Waals surface area contributed by atoms with Crippen molar-refractivity contribution in [2.45, 2.75) is 31.5 Å². The molecule has 2 unspecified atom stereocenters. The quantitative estimate of drug-likeness (QED) is 0.776. The molecule has 0 aliphatic carbocycles. The van der Waals surface area contributed by atoms with E-state index in [0.29, 0.717) is 25.2 Å². The van der Waals surface area contributed by atoms with Gasteiger partial charge < -0.3 is 4.74 Å². The lowest BCUT2D eigenvalue weighted by molar-refractivity contribution is -0.0440. The molecule has 0 saturated carbocycles. The van der Waals surface area contributed by atoms with Crippen LogP contribution in [-0.2, 0) is 17.7 Å². The van der Waals surface area contributed by atoms with Gasteiger partial charge >= 0.3 is 0 Å². The first-order chi connectivity index (χ1) is 12.2. The van der Waals surface area contributed by atoms with Crippen LogP contribution in [0.4, 0.5) is 8.78 Å². The molecule has 0 aromatic heterocycles. The van der Waals surface area contributed by atoms with Crippen molar-refractivity contribution in [2.75, 3.05) is 13.2 Å². The highest BCUT2D eigenvalue weighted by molar-refractivity contribution is 5.28.